The summed E-state index contributed by atoms with van der Waals surface area (Å²) < 4.78 is 0. The molecule has 1 unspecified atom stereocenters. The summed E-state index contributed by atoms with van der Waals surface area (Å²) in [4.78, 5) is 0. The Balaban J connectivity index is 3.34. The second-order valence-electron chi connectivity index (χ2n) is 6.36. The molecule has 0 aromatic carbocycles. The molecule has 0 heterocycles. The van der Waals surface area contributed by atoms with Crippen molar-refractivity contribution in [3.05, 3.63) is 0 Å². The quantitative estimate of drug-likeness (QED) is 0.624. The fourth-order valence-corrected chi connectivity index (χ4v) is 1.69. The largest absolute Gasteiger partial charge is 0.313 e. The summed E-state index contributed by atoms with van der Waals surface area (Å²) in [5.41, 5.74) is 0.239. The van der Waals surface area contributed by atoms with Crippen molar-refractivity contribution < 1.29 is 0 Å². The smallest absolute Gasteiger partial charge is 0.00970 e. The second-order valence-corrected chi connectivity index (χ2v) is 6.36. The van der Waals surface area contributed by atoms with Gasteiger partial charge in [-0.25, -0.2) is 0 Å². The van der Waals surface area contributed by atoms with Crippen LogP contribution in [0.2, 0.25) is 0 Å². The van der Waals surface area contributed by atoms with E-state index in [9.17, 15) is 0 Å². The van der Waals surface area contributed by atoms with Crippen LogP contribution in [0.5, 0.6) is 0 Å². The van der Waals surface area contributed by atoms with E-state index in [1.165, 1.54) is 19.3 Å². The van der Waals surface area contributed by atoms with Gasteiger partial charge < -0.3 is 10.6 Å². The van der Waals surface area contributed by atoms with Crippen LogP contribution in [-0.4, -0.2) is 24.7 Å². The molecule has 0 spiro atoms. The van der Waals surface area contributed by atoms with Gasteiger partial charge in [-0.1, -0.05) is 26.7 Å². The minimum atomic E-state index is 0.239. The normalized spacial score (nSPS) is 14.4. The number of hydrogen-bond acceptors (Lipinski definition) is 2. The topological polar surface area (TPSA) is 24.1 Å². The van der Waals surface area contributed by atoms with E-state index in [-0.39, 0.29) is 5.54 Å². The van der Waals surface area contributed by atoms with Gasteiger partial charge in [-0.2, -0.15) is 0 Å². The maximum Gasteiger partial charge on any atom is 0.00970 e. The third-order valence-electron chi connectivity index (χ3n) is 2.69. The summed E-state index contributed by atoms with van der Waals surface area (Å²) in [6.07, 6.45) is 4.00. The molecular weight excluding hydrogens is 196 g/mol. The van der Waals surface area contributed by atoms with Gasteiger partial charge in [0, 0.05) is 24.7 Å². The minimum absolute atomic E-state index is 0.239. The van der Waals surface area contributed by atoms with Crippen molar-refractivity contribution in [2.24, 2.45) is 5.92 Å². The molecule has 0 aliphatic rings. The fourth-order valence-electron chi connectivity index (χ4n) is 1.69. The molecule has 2 heteroatoms. The summed E-state index contributed by atoms with van der Waals surface area (Å²) in [5.74, 6) is 0.842. The Bertz CT molecular complexity index is 159. The molecule has 0 bridgehead atoms. The molecule has 0 aromatic heterocycles. The number of hydrogen-bond donors (Lipinski definition) is 2. The minimum Gasteiger partial charge on any atom is -0.313 e. The van der Waals surface area contributed by atoms with Crippen LogP contribution in [-0.2, 0) is 0 Å². The van der Waals surface area contributed by atoms with E-state index in [1.54, 1.807) is 0 Å². The van der Waals surface area contributed by atoms with E-state index in [0.29, 0.717) is 6.04 Å². The Morgan fingerprint density at radius 2 is 1.56 bits per heavy atom. The highest BCUT2D eigenvalue weighted by atomic mass is 15.0. The average molecular weight is 228 g/mol. The molecular formula is C14H32N2. The van der Waals surface area contributed by atoms with E-state index in [4.69, 9.17) is 0 Å². The van der Waals surface area contributed by atoms with Crippen molar-refractivity contribution in [2.75, 3.05) is 13.1 Å². The third kappa shape index (κ3) is 12.0. The van der Waals surface area contributed by atoms with Crippen LogP contribution in [0.1, 0.15) is 60.8 Å². The van der Waals surface area contributed by atoms with E-state index in [2.05, 4.69) is 52.2 Å². The Morgan fingerprint density at radius 1 is 0.938 bits per heavy atom. The number of rotatable bonds is 8. The van der Waals surface area contributed by atoms with Crippen LogP contribution in [0, 0.1) is 5.92 Å². The highest BCUT2D eigenvalue weighted by Gasteiger charge is 2.07. The summed E-state index contributed by atoms with van der Waals surface area (Å²) in [6, 6.07) is 0.653. The van der Waals surface area contributed by atoms with Gasteiger partial charge in [0.05, 0.1) is 0 Å². The standard InChI is InChI=1S/C14H32N2/c1-12(2)8-7-9-13(3)15-10-11-16-14(4,5)6/h12-13,15-16H,7-11H2,1-6H3. The van der Waals surface area contributed by atoms with Crippen molar-refractivity contribution in [2.45, 2.75) is 72.4 Å². The zero-order valence-electron chi connectivity index (χ0n) is 12.2. The van der Waals surface area contributed by atoms with Crippen LogP contribution >= 0.6 is 0 Å². The van der Waals surface area contributed by atoms with E-state index in [1.807, 2.05) is 0 Å². The summed E-state index contributed by atoms with van der Waals surface area (Å²) >= 11 is 0. The highest BCUT2D eigenvalue weighted by molar-refractivity contribution is 4.71. The molecule has 0 amide bonds. The van der Waals surface area contributed by atoms with Crippen molar-refractivity contribution in [1.29, 1.82) is 0 Å². The van der Waals surface area contributed by atoms with Gasteiger partial charge in [-0.05, 0) is 40.0 Å². The highest BCUT2D eigenvalue weighted by Crippen LogP contribution is 2.07. The molecule has 1 atom stereocenters. The molecule has 2 N–H and O–H groups in total. The number of nitrogens with one attached hydrogen (secondary N) is 2. The Hall–Kier alpha value is -0.0800. The van der Waals surface area contributed by atoms with Gasteiger partial charge in [0.2, 0.25) is 0 Å². The molecule has 0 aliphatic carbocycles. The van der Waals surface area contributed by atoms with Crippen LogP contribution in [0.15, 0.2) is 0 Å². The summed E-state index contributed by atoms with van der Waals surface area (Å²) in [5, 5.41) is 7.06. The monoisotopic (exact) mass is 228 g/mol. The maximum atomic E-state index is 3.57. The van der Waals surface area contributed by atoms with Crippen molar-refractivity contribution >= 4 is 0 Å². The zero-order chi connectivity index (χ0) is 12.6. The summed E-state index contributed by atoms with van der Waals surface area (Å²) in [6.45, 7) is 15.6. The summed E-state index contributed by atoms with van der Waals surface area (Å²) in [7, 11) is 0. The van der Waals surface area contributed by atoms with Crippen LogP contribution in [0.3, 0.4) is 0 Å². The lowest BCUT2D eigenvalue weighted by molar-refractivity contribution is 0.402. The molecule has 0 aromatic rings. The Labute approximate surface area is 103 Å². The fraction of sp³-hybridized carbons (Fsp3) is 1.00. The van der Waals surface area contributed by atoms with Crippen LogP contribution in [0.4, 0.5) is 0 Å². The molecule has 98 valence electrons. The molecule has 0 saturated carbocycles. The lowest BCUT2D eigenvalue weighted by Gasteiger charge is -2.21. The van der Waals surface area contributed by atoms with E-state index < -0.39 is 0 Å². The molecule has 0 fully saturated rings. The van der Waals surface area contributed by atoms with Gasteiger partial charge in [0.1, 0.15) is 0 Å². The maximum absolute atomic E-state index is 3.57. The van der Waals surface area contributed by atoms with Crippen LogP contribution in [0.25, 0.3) is 0 Å². The van der Waals surface area contributed by atoms with Crippen molar-refractivity contribution in [1.82, 2.24) is 10.6 Å². The van der Waals surface area contributed by atoms with E-state index in [0.717, 1.165) is 19.0 Å². The first-order valence-electron chi connectivity index (χ1n) is 6.79. The second kappa shape index (κ2) is 8.08. The molecule has 2 nitrogen and oxygen atoms in total. The first kappa shape index (κ1) is 15.9. The SMILES string of the molecule is CC(C)CCCC(C)NCCNC(C)(C)C. The van der Waals surface area contributed by atoms with Gasteiger partial charge in [-0.15, -0.1) is 0 Å². The molecule has 16 heavy (non-hydrogen) atoms. The lowest BCUT2D eigenvalue weighted by Crippen LogP contribution is -2.41. The molecule has 0 radical (unpaired) electrons. The Kier molecular flexibility index (Phi) is 8.04. The predicted molar refractivity (Wildman–Crippen MR) is 73.9 cm³/mol. The predicted octanol–water partition coefficient (Wildman–Crippen LogP) is 3.18. The zero-order valence-corrected chi connectivity index (χ0v) is 12.2. The first-order valence-corrected chi connectivity index (χ1v) is 6.79. The average Bonchev–Trinajstić information content (AvgIpc) is 2.10. The molecule has 0 saturated heterocycles. The van der Waals surface area contributed by atoms with Gasteiger partial charge in [0.15, 0.2) is 0 Å². The van der Waals surface area contributed by atoms with Crippen molar-refractivity contribution in [3.8, 4) is 0 Å². The van der Waals surface area contributed by atoms with Crippen molar-refractivity contribution in [3.63, 3.8) is 0 Å². The van der Waals surface area contributed by atoms with Gasteiger partial charge >= 0.3 is 0 Å². The van der Waals surface area contributed by atoms with Gasteiger partial charge in [-0.3, -0.25) is 0 Å². The molecule has 0 rings (SSSR count). The molecule has 0 aliphatic heterocycles. The van der Waals surface area contributed by atoms with E-state index >= 15 is 0 Å². The first-order chi connectivity index (χ1) is 7.31. The Morgan fingerprint density at radius 3 is 2.06 bits per heavy atom. The van der Waals surface area contributed by atoms with Gasteiger partial charge in [0.25, 0.3) is 0 Å². The third-order valence-corrected chi connectivity index (χ3v) is 2.69. The lowest BCUT2D eigenvalue weighted by atomic mass is 10.0. The van der Waals surface area contributed by atoms with Crippen LogP contribution < -0.4 is 10.6 Å².